The fourth-order valence-electron chi connectivity index (χ4n) is 6.56. The molecule has 4 nitrogen and oxygen atoms in total. The number of likely N-dealkylation sites (tertiary alicyclic amines) is 1. The maximum atomic E-state index is 14.2. The largest absolute Gasteiger partial charge is 0.481 e. The van der Waals surface area contributed by atoms with E-state index in [0.717, 1.165) is 30.0 Å². The molecular formula is C32H36F7NO3S. The van der Waals surface area contributed by atoms with Gasteiger partial charge in [-0.3, -0.25) is 9.00 Å². The number of halogens is 7. The molecule has 2 fully saturated rings. The van der Waals surface area contributed by atoms with Crippen molar-refractivity contribution < 1.29 is 44.8 Å². The predicted molar refractivity (Wildman–Crippen MR) is 153 cm³/mol. The van der Waals surface area contributed by atoms with Gasteiger partial charge in [0.25, 0.3) is 0 Å². The Morgan fingerprint density at radius 2 is 1.45 bits per heavy atom. The van der Waals surface area contributed by atoms with Crippen molar-refractivity contribution in [3.05, 3.63) is 77.8 Å². The SMILES string of the molecule is C=C(N1CC[C@](c2ccc(C(C)(C(F)(F)F)C(F)(F)F)cc2)(S(=O)c2ccc(F)cc2)C1)C1(CC)CCC(C)(C(=O)O)CC1. The molecule has 2 aromatic rings. The first-order chi connectivity index (χ1) is 20.3. The van der Waals surface area contributed by atoms with E-state index in [2.05, 4.69) is 6.58 Å². The van der Waals surface area contributed by atoms with Crippen molar-refractivity contribution in [2.45, 2.75) is 86.7 Å². The molecule has 0 bridgehead atoms. The Hall–Kier alpha value is -2.89. The molecule has 2 aliphatic rings. The van der Waals surface area contributed by atoms with Gasteiger partial charge in [-0.05, 0) is 87.8 Å². The smallest absolute Gasteiger partial charge is 0.406 e. The number of allylic oxidation sites excluding steroid dienone is 1. The Labute approximate surface area is 254 Å². The fourth-order valence-corrected chi connectivity index (χ4v) is 8.30. The van der Waals surface area contributed by atoms with E-state index in [9.17, 15) is 44.8 Å². The molecule has 0 aromatic heterocycles. The number of carboxylic acid groups (broad SMARTS) is 1. The van der Waals surface area contributed by atoms with E-state index < -0.39 is 61.5 Å². The van der Waals surface area contributed by atoms with Crippen LogP contribution in [-0.2, 0) is 25.8 Å². The summed E-state index contributed by atoms with van der Waals surface area (Å²) in [6.45, 7) is 8.64. The van der Waals surface area contributed by atoms with Crippen LogP contribution in [0.4, 0.5) is 30.7 Å². The highest BCUT2D eigenvalue weighted by molar-refractivity contribution is 7.86. The minimum atomic E-state index is -5.62. The molecule has 1 saturated heterocycles. The van der Waals surface area contributed by atoms with Crippen LogP contribution < -0.4 is 0 Å². The number of nitrogens with zero attached hydrogens (tertiary/aromatic N) is 1. The molecule has 1 unspecified atom stereocenters. The van der Waals surface area contributed by atoms with Gasteiger partial charge in [-0.1, -0.05) is 37.8 Å². The molecule has 1 N–H and O–H groups in total. The minimum absolute atomic E-state index is 0.0967. The van der Waals surface area contributed by atoms with Crippen molar-refractivity contribution in [3.8, 4) is 0 Å². The van der Waals surface area contributed by atoms with Gasteiger partial charge >= 0.3 is 18.3 Å². The summed E-state index contributed by atoms with van der Waals surface area (Å²) >= 11 is 0. The van der Waals surface area contributed by atoms with Crippen LogP contribution in [-0.4, -0.2) is 45.6 Å². The van der Waals surface area contributed by atoms with Gasteiger partial charge in [0.1, 0.15) is 5.82 Å². The quantitative estimate of drug-likeness (QED) is 0.292. The van der Waals surface area contributed by atoms with Crippen molar-refractivity contribution in [2.24, 2.45) is 10.8 Å². The summed E-state index contributed by atoms with van der Waals surface area (Å²) < 4.78 is 109. The molecule has 0 spiro atoms. The first-order valence-corrected chi connectivity index (χ1v) is 15.5. The Balaban J connectivity index is 1.74. The molecule has 12 heteroatoms. The van der Waals surface area contributed by atoms with Crippen molar-refractivity contribution in [1.29, 1.82) is 0 Å². The van der Waals surface area contributed by atoms with E-state index >= 15 is 0 Å². The Kier molecular flexibility index (Phi) is 8.87. The summed E-state index contributed by atoms with van der Waals surface area (Å²) in [6, 6.07) is 8.91. The monoisotopic (exact) mass is 647 g/mol. The molecule has 242 valence electrons. The fraction of sp³-hybridized carbons (Fsp3) is 0.531. The van der Waals surface area contributed by atoms with Crippen LogP contribution >= 0.6 is 0 Å². The van der Waals surface area contributed by atoms with Gasteiger partial charge in [-0.25, -0.2) is 4.39 Å². The average molecular weight is 648 g/mol. The number of hydrogen-bond acceptors (Lipinski definition) is 3. The summed E-state index contributed by atoms with van der Waals surface area (Å²) in [5.74, 6) is -1.42. The normalized spacial score (nSPS) is 27.3. The van der Waals surface area contributed by atoms with Crippen LogP contribution in [0.15, 0.2) is 65.7 Å². The highest BCUT2D eigenvalue weighted by Gasteiger charge is 2.68. The van der Waals surface area contributed by atoms with Crippen LogP contribution in [0, 0.1) is 16.6 Å². The molecule has 1 heterocycles. The van der Waals surface area contributed by atoms with Crippen molar-refractivity contribution in [2.75, 3.05) is 13.1 Å². The number of carbonyl (C=O) groups is 1. The predicted octanol–water partition coefficient (Wildman–Crippen LogP) is 8.49. The maximum absolute atomic E-state index is 14.2. The van der Waals surface area contributed by atoms with E-state index in [0.29, 0.717) is 44.2 Å². The van der Waals surface area contributed by atoms with Gasteiger partial charge in [-0.2, -0.15) is 26.3 Å². The summed E-state index contributed by atoms with van der Waals surface area (Å²) in [5, 5.41) is 9.72. The summed E-state index contributed by atoms with van der Waals surface area (Å²) in [7, 11) is -1.89. The molecule has 1 aliphatic heterocycles. The maximum Gasteiger partial charge on any atom is 0.406 e. The van der Waals surface area contributed by atoms with Gasteiger partial charge < -0.3 is 10.0 Å². The van der Waals surface area contributed by atoms with Crippen LogP contribution in [0.1, 0.15) is 70.4 Å². The van der Waals surface area contributed by atoms with Crippen molar-refractivity contribution >= 4 is 16.8 Å². The Morgan fingerprint density at radius 1 is 0.932 bits per heavy atom. The number of carboxylic acids is 1. The number of aliphatic carboxylic acids is 1. The average Bonchev–Trinajstić information content (AvgIpc) is 3.42. The van der Waals surface area contributed by atoms with Crippen LogP contribution in [0.3, 0.4) is 0 Å². The van der Waals surface area contributed by atoms with E-state index in [-0.39, 0.29) is 24.8 Å². The highest BCUT2D eigenvalue weighted by Crippen LogP contribution is 2.55. The summed E-state index contributed by atoms with van der Waals surface area (Å²) in [5.41, 5.74) is -5.36. The lowest BCUT2D eigenvalue weighted by atomic mass is 9.62. The molecule has 1 aliphatic carbocycles. The van der Waals surface area contributed by atoms with Crippen molar-refractivity contribution in [3.63, 3.8) is 0 Å². The van der Waals surface area contributed by atoms with Gasteiger partial charge in [0, 0.05) is 29.1 Å². The van der Waals surface area contributed by atoms with E-state index in [1.165, 1.54) is 24.3 Å². The zero-order chi connectivity index (χ0) is 32.9. The second-order valence-electron chi connectivity index (χ2n) is 12.5. The standard InChI is InChI=1S/C32H36F7NO3S/c1-5-29(16-14-27(3,15-17-29)26(41)42)21(2)40-19-18-30(20-40,44(43)25-12-10-24(33)11-13-25)23-8-6-22(7-9-23)28(4,31(34,35)36)32(37,38)39/h6-13H,2,5,14-20H2,1,3-4H3,(H,41,42)/t27?,29?,30-,44?/m0/s1. The topological polar surface area (TPSA) is 57.6 Å². The van der Waals surface area contributed by atoms with Gasteiger partial charge in [0.05, 0.1) is 21.0 Å². The lowest BCUT2D eigenvalue weighted by Crippen LogP contribution is -2.51. The third-order valence-electron chi connectivity index (χ3n) is 10.2. The third kappa shape index (κ3) is 5.56. The molecule has 0 radical (unpaired) electrons. The number of rotatable bonds is 8. The Morgan fingerprint density at radius 3 is 1.91 bits per heavy atom. The van der Waals surface area contributed by atoms with Crippen molar-refractivity contribution in [1.82, 2.24) is 4.90 Å². The van der Waals surface area contributed by atoms with Gasteiger partial charge in [0.2, 0.25) is 0 Å². The summed E-state index contributed by atoms with van der Waals surface area (Å²) in [4.78, 5) is 14.1. The zero-order valence-corrected chi connectivity index (χ0v) is 25.6. The molecule has 0 amide bonds. The second kappa shape index (κ2) is 11.5. The van der Waals surface area contributed by atoms with Gasteiger partial charge in [-0.15, -0.1) is 0 Å². The summed E-state index contributed by atoms with van der Waals surface area (Å²) in [6.07, 6.45) is -8.31. The number of alkyl halides is 6. The molecule has 4 rings (SSSR count). The second-order valence-corrected chi connectivity index (χ2v) is 14.3. The number of hydrogen-bond donors (Lipinski definition) is 1. The first kappa shape index (κ1) is 34.0. The van der Waals surface area contributed by atoms with Crippen LogP contribution in [0.5, 0.6) is 0 Å². The Bertz CT molecular complexity index is 1400. The number of benzene rings is 2. The van der Waals surface area contributed by atoms with Crippen LogP contribution in [0.2, 0.25) is 0 Å². The van der Waals surface area contributed by atoms with Gasteiger partial charge in [0.15, 0.2) is 5.41 Å². The molecule has 44 heavy (non-hydrogen) atoms. The molecule has 2 aromatic carbocycles. The zero-order valence-electron chi connectivity index (χ0n) is 24.7. The minimum Gasteiger partial charge on any atom is -0.481 e. The lowest BCUT2D eigenvalue weighted by Gasteiger charge is -2.46. The highest BCUT2D eigenvalue weighted by atomic mass is 32.2. The van der Waals surface area contributed by atoms with E-state index in [1.54, 1.807) is 6.92 Å². The van der Waals surface area contributed by atoms with E-state index in [1.807, 2.05) is 11.8 Å². The first-order valence-electron chi connectivity index (χ1n) is 14.4. The molecule has 1 saturated carbocycles. The van der Waals surface area contributed by atoms with Crippen LogP contribution in [0.25, 0.3) is 0 Å². The molecule has 2 atom stereocenters. The third-order valence-corrected chi connectivity index (χ3v) is 12.2. The molecular weight excluding hydrogens is 611 g/mol. The lowest BCUT2D eigenvalue weighted by molar-refractivity contribution is -0.297. The van der Waals surface area contributed by atoms with E-state index in [4.69, 9.17) is 0 Å².